The molecule has 1 rings (SSSR count). The quantitative estimate of drug-likeness (QED) is 0.617. The molecule has 0 aliphatic heterocycles. The lowest BCUT2D eigenvalue weighted by Crippen LogP contribution is -2.26. The minimum Gasteiger partial charge on any atom is -0.349 e. The van der Waals surface area contributed by atoms with Gasteiger partial charge in [0.05, 0.1) is 10.7 Å². The van der Waals surface area contributed by atoms with Crippen LogP contribution in [0.3, 0.4) is 0 Å². The molecule has 9 heteroatoms. The Hall–Kier alpha value is -2.16. The van der Waals surface area contributed by atoms with Crippen molar-refractivity contribution in [3.63, 3.8) is 0 Å². The van der Waals surface area contributed by atoms with Crippen molar-refractivity contribution in [2.24, 2.45) is 0 Å². The Morgan fingerprint density at radius 2 is 1.85 bits per heavy atom. The van der Waals surface area contributed by atoms with Gasteiger partial charge in [-0.25, -0.2) is 8.42 Å². The van der Waals surface area contributed by atoms with E-state index in [-0.39, 0.29) is 29.5 Å². The van der Waals surface area contributed by atoms with Crippen LogP contribution in [0.1, 0.15) is 6.42 Å². The molecule has 20 heavy (non-hydrogen) atoms. The fraction of sp³-hybridized carbons (Fsp3) is 0.364. The van der Waals surface area contributed by atoms with Gasteiger partial charge in [-0.15, -0.1) is 0 Å². The first-order chi connectivity index (χ1) is 9.21. The Morgan fingerprint density at radius 3 is 2.30 bits per heavy atom. The number of benzene rings is 1. The van der Waals surface area contributed by atoms with E-state index in [1.165, 1.54) is 29.2 Å². The van der Waals surface area contributed by atoms with E-state index in [1.54, 1.807) is 14.1 Å². The third-order valence-electron chi connectivity index (χ3n) is 2.43. The van der Waals surface area contributed by atoms with Crippen molar-refractivity contribution < 1.29 is 18.1 Å². The number of nitro benzene ring substituents is 1. The molecule has 0 atom stereocenters. The molecule has 0 radical (unpaired) electrons. The number of rotatable bonds is 6. The average molecular weight is 301 g/mol. The average Bonchev–Trinajstić information content (AvgIpc) is 2.36. The van der Waals surface area contributed by atoms with Crippen LogP contribution < -0.4 is 4.72 Å². The van der Waals surface area contributed by atoms with E-state index in [4.69, 9.17) is 0 Å². The zero-order chi connectivity index (χ0) is 15.3. The Kier molecular flexibility index (Phi) is 5.03. The van der Waals surface area contributed by atoms with Crippen molar-refractivity contribution in [2.45, 2.75) is 6.42 Å². The lowest BCUT2D eigenvalue weighted by atomic mass is 10.3. The number of non-ortho nitro benzene ring substituents is 1. The summed E-state index contributed by atoms with van der Waals surface area (Å²) in [6.07, 6.45) is -0.130. The lowest BCUT2D eigenvalue weighted by Gasteiger charge is -2.11. The maximum Gasteiger partial charge on any atom is 0.269 e. The summed E-state index contributed by atoms with van der Waals surface area (Å²) < 4.78 is 25.7. The highest BCUT2D eigenvalue weighted by Crippen LogP contribution is 2.16. The first-order valence-electron chi connectivity index (χ1n) is 5.66. The van der Waals surface area contributed by atoms with Gasteiger partial charge in [-0.3, -0.25) is 19.6 Å². The Balaban J connectivity index is 2.66. The van der Waals surface area contributed by atoms with Crippen LogP contribution in [0, 0.1) is 10.1 Å². The number of nitrogens with one attached hydrogen (secondary N) is 1. The van der Waals surface area contributed by atoms with Crippen molar-refractivity contribution in [1.29, 1.82) is 0 Å². The summed E-state index contributed by atoms with van der Waals surface area (Å²) in [6.45, 7) is 0. The normalized spacial score (nSPS) is 10.9. The number of nitrogens with zero attached hydrogens (tertiary/aromatic N) is 2. The second-order valence-electron chi connectivity index (χ2n) is 4.26. The first-order valence-corrected chi connectivity index (χ1v) is 7.31. The van der Waals surface area contributed by atoms with Crippen molar-refractivity contribution in [1.82, 2.24) is 4.90 Å². The number of sulfonamides is 1. The van der Waals surface area contributed by atoms with Crippen LogP contribution in [0.2, 0.25) is 0 Å². The van der Waals surface area contributed by atoms with E-state index in [9.17, 15) is 23.3 Å². The maximum atomic E-state index is 11.7. The second-order valence-corrected chi connectivity index (χ2v) is 6.10. The van der Waals surface area contributed by atoms with E-state index >= 15 is 0 Å². The second kappa shape index (κ2) is 6.33. The van der Waals surface area contributed by atoms with Crippen LogP contribution in [0.5, 0.6) is 0 Å². The van der Waals surface area contributed by atoms with E-state index in [1.807, 2.05) is 0 Å². The first kappa shape index (κ1) is 15.9. The molecule has 0 aromatic heterocycles. The standard InChI is InChI=1S/C11H15N3O5S/c1-13(2)11(15)7-8-20(18,19)12-9-3-5-10(6-4-9)14(16)17/h3-6,12H,7-8H2,1-2H3. The number of carbonyl (C=O) groups is 1. The maximum absolute atomic E-state index is 11.7. The number of anilines is 1. The number of hydrogen-bond donors (Lipinski definition) is 1. The lowest BCUT2D eigenvalue weighted by molar-refractivity contribution is -0.384. The van der Waals surface area contributed by atoms with E-state index in [0.717, 1.165) is 0 Å². The molecule has 0 aliphatic rings. The smallest absolute Gasteiger partial charge is 0.269 e. The zero-order valence-electron chi connectivity index (χ0n) is 11.1. The van der Waals surface area contributed by atoms with E-state index in [0.29, 0.717) is 0 Å². The predicted octanol–water partition coefficient (Wildman–Crippen LogP) is 0.815. The summed E-state index contributed by atoms with van der Waals surface area (Å²) in [4.78, 5) is 22.5. The van der Waals surface area contributed by atoms with Crippen LogP contribution in [-0.4, -0.2) is 44.0 Å². The highest BCUT2D eigenvalue weighted by Gasteiger charge is 2.15. The minimum absolute atomic E-state index is 0.129. The van der Waals surface area contributed by atoms with Crippen molar-refractivity contribution in [3.8, 4) is 0 Å². The highest BCUT2D eigenvalue weighted by atomic mass is 32.2. The molecule has 0 aliphatic carbocycles. The summed E-state index contributed by atoms with van der Waals surface area (Å²) in [5.41, 5.74) is 0.0867. The predicted molar refractivity (Wildman–Crippen MR) is 73.8 cm³/mol. The van der Waals surface area contributed by atoms with Gasteiger partial charge in [-0.2, -0.15) is 0 Å². The molecule has 1 N–H and O–H groups in total. The molecule has 0 bridgehead atoms. The van der Waals surface area contributed by atoms with Crippen LogP contribution >= 0.6 is 0 Å². The van der Waals surface area contributed by atoms with Gasteiger partial charge in [0.15, 0.2) is 0 Å². The number of nitro groups is 1. The number of carbonyl (C=O) groups excluding carboxylic acids is 1. The van der Waals surface area contributed by atoms with Gasteiger partial charge in [-0.05, 0) is 12.1 Å². The fourth-order valence-electron chi connectivity index (χ4n) is 1.33. The van der Waals surface area contributed by atoms with Gasteiger partial charge >= 0.3 is 0 Å². The molecule has 110 valence electrons. The molecule has 0 heterocycles. The van der Waals surface area contributed by atoms with Crippen molar-refractivity contribution in [2.75, 3.05) is 24.6 Å². The molecule has 0 unspecified atom stereocenters. The third-order valence-corrected chi connectivity index (χ3v) is 3.72. The van der Waals surface area contributed by atoms with Gasteiger partial charge in [0.25, 0.3) is 5.69 Å². The molecule has 1 amide bonds. The fourth-order valence-corrected chi connectivity index (χ4v) is 2.37. The molecule has 0 saturated carbocycles. The molecule has 8 nitrogen and oxygen atoms in total. The summed E-state index contributed by atoms with van der Waals surface area (Å²) in [5.74, 6) is -0.639. The van der Waals surface area contributed by atoms with Gasteiger partial charge in [0.1, 0.15) is 0 Å². The van der Waals surface area contributed by atoms with Gasteiger partial charge < -0.3 is 4.90 Å². The molecule has 0 fully saturated rings. The zero-order valence-corrected chi connectivity index (χ0v) is 11.9. The Labute approximate surface area is 116 Å². The van der Waals surface area contributed by atoms with Crippen LogP contribution in [0.4, 0.5) is 11.4 Å². The van der Waals surface area contributed by atoms with Crippen molar-refractivity contribution in [3.05, 3.63) is 34.4 Å². The Bertz CT molecular complexity index is 595. The van der Waals surface area contributed by atoms with Gasteiger partial charge in [-0.1, -0.05) is 0 Å². The van der Waals surface area contributed by atoms with Crippen LogP contribution in [-0.2, 0) is 14.8 Å². The summed E-state index contributed by atoms with van der Waals surface area (Å²) in [5, 5.41) is 10.5. The molecule has 1 aromatic carbocycles. The van der Waals surface area contributed by atoms with Gasteiger partial charge in [0, 0.05) is 38.3 Å². The summed E-state index contributed by atoms with van der Waals surface area (Å²) in [7, 11) is -0.583. The van der Waals surface area contributed by atoms with E-state index in [2.05, 4.69) is 4.72 Å². The molecule has 1 aromatic rings. The largest absolute Gasteiger partial charge is 0.349 e. The Morgan fingerprint density at radius 1 is 1.30 bits per heavy atom. The third kappa shape index (κ3) is 4.84. The monoisotopic (exact) mass is 301 g/mol. The summed E-state index contributed by atoms with van der Waals surface area (Å²) >= 11 is 0. The topological polar surface area (TPSA) is 110 Å². The number of amides is 1. The van der Waals surface area contributed by atoms with Crippen LogP contribution in [0.15, 0.2) is 24.3 Å². The van der Waals surface area contributed by atoms with Crippen molar-refractivity contribution >= 4 is 27.3 Å². The van der Waals surface area contributed by atoms with Crippen LogP contribution in [0.25, 0.3) is 0 Å². The molecule has 0 spiro atoms. The SMILES string of the molecule is CN(C)C(=O)CCS(=O)(=O)Nc1ccc([N+](=O)[O-])cc1. The molecular weight excluding hydrogens is 286 g/mol. The number of hydrogen-bond acceptors (Lipinski definition) is 5. The minimum atomic E-state index is -3.66. The van der Waals surface area contributed by atoms with Gasteiger partial charge in [0.2, 0.25) is 15.9 Å². The molecule has 0 saturated heterocycles. The molecular formula is C11H15N3O5S. The summed E-state index contributed by atoms with van der Waals surface area (Å²) in [6, 6.07) is 4.98. The highest BCUT2D eigenvalue weighted by molar-refractivity contribution is 7.92. The van der Waals surface area contributed by atoms with E-state index < -0.39 is 14.9 Å².